The summed E-state index contributed by atoms with van der Waals surface area (Å²) < 4.78 is 12.7. The Morgan fingerprint density at radius 1 is 1.64 bits per heavy atom. The van der Waals surface area contributed by atoms with Crippen molar-refractivity contribution in [3.05, 3.63) is 0 Å². The first-order valence-electron chi connectivity index (χ1n) is 4.02. The first kappa shape index (κ1) is 8.50. The Balaban J connectivity index is 2.50. The number of amides is 1. The van der Waals surface area contributed by atoms with Crippen LogP contribution in [0.2, 0.25) is 0 Å². The summed E-state index contributed by atoms with van der Waals surface area (Å²) in [5, 5.41) is 0. The second-order valence-electron chi connectivity index (χ2n) is 3.18. The van der Waals surface area contributed by atoms with E-state index in [-0.39, 0.29) is 11.9 Å². The standard InChI is InChI=1S/C8H14FNO/c1-6-5-8(9)3-4-10(6)7(2)11/h6,8H,3-5H2,1-2H3. The molecule has 2 atom stereocenters. The fourth-order valence-electron chi connectivity index (χ4n) is 1.58. The van der Waals surface area contributed by atoms with Crippen LogP contribution < -0.4 is 0 Å². The maximum atomic E-state index is 12.7. The molecule has 2 nitrogen and oxygen atoms in total. The number of halogens is 1. The highest BCUT2D eigenvalue weighted by atomic mass is 19.1. The topological polar surface area (TPSA) is 20.3 Å². The molecule has 0 radical (unpaired) electrons. The van der Waals surface area contributed by atoms with Gasteiger partial charge in [-0.1, -0.05) is 0 Å². The second kappa shape index (κ2) is 3.20. The molecule has 0 aromatic heterocycles. The van der Waals surface area contributed by atoms with E-state index in [1.165, 1.54) is 6.92 Å². The molecule has 0 spiro atoms. The Morgan fingerprint density at radius 2 is 2.27 bits per heavy atom. The summed E-state index contributed by atoms with van der Waals surface area (Å²) in [6.07, 6.45) is 0.296. The van der Waals surface area contributed by atoms with E-state index in [2.05, 4.69) is 0 Å². The van der Waals surface area contributed by atoms with E-state index in [4.69, 9.17) is 0 Å². The summed E-state index contributed by atoms with van der Waals surface area (Å²) in [5.41, 5.74) is 0. The molecule has 0 aromatic rings. The smallest absolute Gasteiger partial charge is 0.219 e. The highest BCUT2D eigenvalue weighted by Gasteiger charge is 2.26. The third-order valence-electron chi connectivity index (χ3n) is 2.22. The number of hydrogen-bond acceptors (Lipinski definition) is 1. The molecule has 1 aliphatic heterocycles. The molecule has 1 fully saturated rings. The van der Waals surface area contributed by atoms with Crippen LogP contribution in [0.3, 0.4) is 0 Å². The Kier molecular flexibility index (Phi) is 2.47. The number of piperidine rings is 1. The van der Waals surface area contributed by atoms with Gasteiger partial charge in [0.15, 0.2) is 0 Å². The number of likely N-dealkylation sites (tertiary alicyclic amines) is 1. The Hall–Kier alpha value is -0.600. The predicted octanol–water partition coefficient (Wildman–Crippen LogP) is 1.36. The molecular weight excluding hydrogens is 145 g/mol. The summed E-state index contributed by atoms with van der Waals surface area (Å²) >= 11 is 0. The molecule has 1 amide bonds. The average molecular weight is 159 g/mol. The lowest BCUT2D eigenvalue weighted by Gasteiger charge is -2.34. The molecule has 11 heavy (non-hydrogen) atoms. The van der Waals surface area contributed by atoms with Gasteiger partial charge in [0.25, 0.3) is 0 Å². The molecule has 1 aliphatic rings. The predicted molar refractivity (Wildman–Crippen MR) is 41.0 cm³/mol. The maximum Gasteiger partial charge on any atom is 0.219 e. The minimum absolute atomic E-state index is 0.0596. The van der Waals surface area contributed by atoms with Crippen molar-refractivity contribution in [3.8, 4) is 0 Å². The molecule has 64 valence electrons. The van der Waals surface area contributed by atoms with E-state index in [1.54, 1.807) is 4.90 Å². The Morgan fingerprint density at radius 3 is 2.73 bits per heavy atom. The quantitative estimate of drug-likeness (QED) is 0.522. The molecule has 3 heteroatoms. The first-order chi connectivity index (χ1) is 5.11. The Bertz CT molecular complexity index is 160. The van der Waals surface area contributed by atoms with Crippen LogP contribution in [0.25, 0.3) is 0 Å². The second-order valence-corrected chi connectivity index (χ2v) is 3.18. The minimum atomic E-state index is -0.708. The number of hydrogen-bond donors (Lipinski definition) is 0. The van der Waals surface area contributed by atoms with E-state index in [0.29, 0.717) is 19.4 Å². The van der Waals surface area contributed by atoms with Crippen LogP contribution in [0.4, 0.5) is 4.39 Å². The minimum Gasteiger partial charge on any atom is -0.340 e. The Labute approximate surface area is 66.4 Å². The monoisotopic (exact) mass is 159 g/mol. The molecule has 1 saturated heterocycles. The normalized spacial score (nSPS) is 32.1. The van der Waals surface area contributed by atoms with Gasteiger partial charge in [-0.3, -0.25) is 4.79 Å². The van der Waals surface area contributed by atoms with Crippen LogP contribution in [0.5, 0.6) is 0 Å². The summed E-state index contributed by atoms with van der Waals surface area (Å²) in [6, 6.07) is 0.0799. The van der Waals surface area contributed by atoms with Crippen molar-refractivity contribution in [2.75, 3.05) is 6.54 Å². The number of carbonyl (C=O) groups is 1. The fraction of sp³-hybridized carbons (Fsp3) is 0.875. The zero-order valence-corrected chi connectivity index (χ0v) is 7.01. The highest BCUT2D eigenvalue weighted by molar-refractivity contribution is 5.73. The molecule has 1 rings (SSSR count). The highest BCUT2D eigenvalue weighted by Crippen LogP contribution is 2.19. The van der Waals surface area contributed by atoms with Gasteiger partial charge in [0.2, 0.25) is 5.91 Å². The number of alkyl halides is 1. The molecule has 0 saturated carbocycles. The first-order valence-corrected chi connectivity index (χ1v) is 4.02. The van der Waals surface area contributed by atoms with Gasteiger partial charge in [-0.25, -0.2) is 4.39 Å². The molecule has 1 heterocycles. The molecular formula is C8H14FNO. The lowest BCUT2D eigenvalue weighted by Crippen LogP contribution is -2.44. The van der Waals surface area contributed by atoms with Crippen molar-refractivity contribution in [1.82, 2.24) is 4.90 Å². The molecule has 0 aliphatic carbocycles. The summed E-state index contributed by atoms with van der Waals surface area (Å²) in [7, 11) is 0. The van der Waals surface area contributed by atoms with E-state index < -0.39 is 6.17 Å². The largest absolute Gasteiger partial charge is 0.340 e. The fourth-order valence-corrected chi connectivity index (χ4v) is 1.58. The van der Waals surface area contributed by atoms with E-state index >= 15 is 0 Å². The van der Waals surface area contributed by atoms with Crippen LogP contribution in [0.1, 0.15) is 26.7 Å². The number of nitrogens with zero attached hydrogens (tertiary/aromatic N) is 1. The van der Waals surface area contributed by atoms with Gasteiger partial charge in [-0.05, 0) is 19.8 Å². The summed E-state index contributed by atoms with van der Waals surface area (Å²) in [4.78, 5) is 12.7. The van der Waals surface area contributed by atoms with E-state index in [1.807, 2.05) is 6.92 Å². The van der Waals surface area contributed by atoms with Crippen molar-refractivity contribution in [2.45, 2.75) is 38.9 Å². The number of rotatable bonds is 0. The molecule has 0 N–H and O–H groups in total. The van der Waals surface area contributed by atoms with Crippen LogP contribution in [-0.4, -0.2) is 29.6 Å². The van der Waals surface area contributed by atoms with Gasteiger partial charge in [-0.15, -0.1) is 0 Å². The molecule has 2 unspecified atom stereocenters. The van der Waals surface area contributed by atoms with E-state index in [9.17, 15) is 9.18 Å². The van der Waals surface area contributed by atoms with Gasteiger partial charge in [0.1, 0.15) is 6.17 Å². The van der Waals surface area contributed by atoms with Crippen LogP contribution in [0, 0.1) is 0 Å². The van der Waals surface area contributed by atoms with Gasteiger partial charge in [0.05, 0.1) is 0 Å². The lowest BCUT2D eigenvalue weighted by atomic mass is 10.0. The van der Waals surface area contributed by atoms with Crippen molar-refractivity contribution in [2.24, 2.45) is 0 Å². The van der Waals surface area contributed by atoms with Gasteiger partial charge < -0.3 is 4.90 Å². The van der Waals surface area contributed by atoms with E-state index in [0.717, 1.165) is 0 Å². The third-order valence-corrected chi connectivity index (χ3v) is 2.22. The van der Waals surface area contributed by atoms with Crippen LogP contribution in [0.15, 0.2) is 0 Å². The SMILES string of the molecule is CC(=O)N1CCC(F)CC1C. The van der Waals surface area contributed by atoms with Gasteiger partial charge in [0, 0.05) is 19.5 Å². The molecule has 0 bridgehead atoms. The van der Waals surface area contributed by atoms with Crippen LogP contribution >= 0.6 is 0 Å². The lowest BCUT2D eigenvalue weighted by molar-refractivity contribution is -0.132. The van der Waals surface area contributed by atoms with Crippen molar-refractivity contribution in [1.29, 1.82) is 0 Å². The van der Waals surface area contributed by atoms with Crippen molar-refractivity contribution in [3.63, 3.8) is 0 Å². The summed E-state index contributed by atoms with van der Waals surface area (Å²) in [5.74, 6) is 0.0596. The van der Waals surface area contributed by atoms with Gasteiger partial charge in [-0.2, -0.15) is 0 Å². The molecule has 0 aromatic carbocycles. The van der Waals surface area contributed by atoms with Crippen molar-refractivity contribution < 1.29 is 9.18 Å². The van der Waals surface area contributed by atoms with Crippen LogP contribution in [-0.2, 0) is 4.79 Å². The number of carbonyl (C=O) groups excluding carboxylic acids is 1. The zero-order chi connectivity index (χ0) is 8.43. The average Bonchev–Trinajstić information content (AvgIpc) is 1.85. The maximum absolute atomic E-state index is 12.7. The van der Waals surface area contributed by atoms with Crippen molar-refractivity contribution >= 4 is 5.91 Å². The third kappa shape index (κ3) is 1.91. The summed E-state index contributed by atoms with van der Waals surface area (Å²) in [6.45, 7) is 4.01. The zero-order valence-electron chi connectivity index (χ0n) is 7.01. The van der Waals surface area contributed by atoms with Gasteiger partial charge >= 0.3 is 0 Å².